The lowest BCUT2D eigenvalue weighted by Gasteiger charge is -2.24. The standard InChI is InChI=1S/C8H15FN2/c1-8(2,3)6-11(7-10)5-4-9/h4-6H2,1-3H3. The van der Waals surface area contributed by atoms with Crippen molar-refractivity contribution in [2.24, 2.45) is 5.41 Å². The highest BCUT2D eigenvalue weighted by atomic mass is 19.1. The van der Waals surface area contributed by atoms with Crippen molar-refractivity contribution in [3.8, 4) is 6.19 Å². The Labute approximate surface area is 67.6 Å². The second-order valence-electron chi connectivity index (χ2n) is 3.77. The fourth-order valence-corrected chi connectivity index (χ4v) is 0.839. The van der Waals surface area contributed by atoms with Crippen molar-refractivity contribution in [2.75, 3.05) is 19.8 Å². The Bertz CT molecular complexity index is 143. The Morgan fingerprint density at radius 3 is 2.27 bits per heavy atom. The first-order chi connectivity index (χ1) is 4.99. The number of nitriles is 1. The van der Waals surface area contributed by atoms with Crippen LogP contribution in [0.1, 0.15) is 20.8 Å². The molecule has 3 heteroatoms. The lowest BCUT2D eigenvalue weighted by Crippen LogP contribution is -2.30. The number of hydrogen-bond donors (Lipinski definition) is 0. The fourth-order valence-electron chi connectivity index (χ4n) is 0.839. The van der Waals surface area contributed by atoms with Crippen molar-refractivity contribution >= 4 is 0 Å². The molecule has 0 radical (unpaired) electrons. The molecule has 11 heavy (non-hydrogen) atoms. The van der Waals surface area contributed by atoms with Crippen LogP contribution in [0.5, 0.6) is 0 Å². The van der Waals surface area contributed by atoms with Crippen LogP contribution in [0, 0.1) is 16.9 Å². The molecule has 0 rings (SSSR count). The third-order valence-corrected chi connectivity index (χ3v) is 1.16. The Morgan fingerprint density at radius 2 is 2.00 bits per heavy atom. The van der Waals surface area contributed by atoms with Crippen LogP contribution in [0.25, 0.3) is 0 Å². The molecule has 0 amide bonds. The highest BCUT2D eigenvalue weighted by Crippen LogP contribution is 2.14. The number of rotatable bonds is 3. The number of halogens is 1. The molecule has 0 aromatic carbocycles. The van der Waals surface area contributed by atoms with Gasteiger partial charge < -0.3 is 4.90 Å². The van der Waals surface area contributed by atoms with Gasteiger partial charge in [-0.05, 0) is 5.41 Å². The largest absolute Gasteiger partial charge is 0.307 e. The Hall–Kier alpha value is -0.780. The van der Waals surface area contributed by atoms with E-state index in [1.54, 1.807) is 0 Å². The van der Waals surface area contributed by atoms with E-state index in [0.29, 0.717) is 6.54 Å². The highest BCUT2D eigenvalue weighted by Gasteiger charge is 2.14. The van der Waals surface area contributed by atoms with Crippen molar-refractivity contribution in [1.29, 1.82) is 5.26 Å². The van der Waals surface area contributed by atoms with E-state index < -0.39 is 6.67 Å². The second kappa shape index (κ2) is 4.17. The van der Waals surface area contributed by atoms with E-state index in [4.69, 9.17) is 5.26 Å². The van der Waals surface area contributed by atoms with Crippen LogP contribution in [0.3, 0.4) is 0 Å². The molecule has 0 saturated carbocycles. The molecule has 0 heterocycles. The first kappa shape index (κ1) is 10.2. The Kier molecular flexibility index (Phi) is 3.88. The van der Waals surface area contributed by atoms with Gasteiger partial charge >= 0.3 is 0 Å². The summed E-state index contributed by atoms with van der Waals surface area (Å²) in [5, 5.41) is 8.53. The summed E-state index contributed by atoms with van der Waals surface area (Å²) in [5.74, 6) is 0. The smallest absolute Gasteiger partial charge is 0.179 e. The fraction of sp³-hybridized carbons (Fsp3) is 0.875. The van der Waals surface area contributed by atoms with Crippen molar-refractivity contribution < 1.29 is 4.39 Å². The van der Waals surface area contributed by atoms with Crippen molar-refractivity contribution in [3.63, 3.8) is 0 Å². The molecule has 0 spiro atoms. The van der Waals surface area contributed by atoms with Crippen LogP contribution in [0.15, 0.2) is 0 Å². The number of hydrogen-bond acceptors (Lipinski definition) is 2. The average molecular weight is 158 g/mol. The molecular formula is C8H15FN2. The number of nitrogens with zero attached hydrogens (tertiary/aromatic N) is 2. The molecule has 0 atom stereocenters. The van der Waals surface area contributed by atoms with Crippen LogP contribution in [0.4, 0.5) is 4.39 Å². The van der Waals surface area contributed by atoms with E-state index in [1.165, 1.54) is 4.90 Å². The van der Waals surface area contributed by atoms with Gasteiger partial charge in [0.05, 0.1) is 6.54 Å². The monoisotopic (exact) mass is 158 g/mol. The zero-order valence-electron chi connectivity index (χ0n) is 7.39. The van der Waals surface area contributed by atoms with Crippen LogP contribution in [-0.2, 0) is 0 Å². The predicted octanol–water partition coefficient (Wildman–Crippen LogP) is 1.79. The quantitative estimate of drug-likeness (QED) is 0.462. The summed E-state index contributed by atoms with van der Waals surface area (Å²) >= 11 is 0. The molecular weight excluding hydrogens is 143 g/mol. The molecule has 0 aromatic heterocycles. The van der Waals surface area contributed by atoms with Crippen LogP contribution in [0.2, 0.25) is 0 Å². The lowest BCUT2D eigenvalue weighted by atomic mass is 9.96. The van der Waals surface area contributed by atoms with Crippen LogP contribution >= 0.6 is 0 Å². The van der Waals surface area contributed by atoms with Gasteiger partial charge in [-0.2, -0.15) is 5.26 Å². The van der Waals surface area contributed by atoms with E-state index in [0.717, 1.165) is 0 Å². The minimum absolute atomic E-state index is 0.0604. The van der Waals surface area contributed by atoms with Gasteiger partial charge in [-0.15, -0.1) is 0 Å². The van der Waals surface area contributed by atoms with E-state index in [-0.39, 0.29) is 12.0 Å². The topological polar surface area (TPSA) is 27.0 Å². The maximum atomic E-state index is 11.8. The van der Waals surface area contributed by atoms with E-state index in [1.807, 2.05) is 27.0 Å². The second-order valence-corrected chi connectivity index (χ2v) is 3.77. The summed E-state index contributed by atoms with van der Waals surface area (Å²) in [4.78, 5) is 1.44. The average Bonchev–Trinajstić information content (AvgIpc) is 1.84. The summed E-state index contributed by atoms with van der Waals surface area (Å²) in [5.41, 5.74) is 0.0604. The minimum atomic E-state index is -0.455. The Morgan fingerprint density at radius 1 is 1.45 bits per heavy atom. The zero-order valence-corrected chi connectivity index (χ0v) is 7.39. The van der Waals surface area contributed by atoms with Gasteiger partial charge in [0.2, 0.25) is 0 Å². The summed E-state index contributed by atoms with van der Waals surface area (Å²) in [6, 6.07) is 0. The first-order valence-electron chi connectivity index (χ1n) is 3.70. The van der Waals surface area contributed by atoms with Crippen molar-refractivity contribution in [1.82, 2.24) is 4.90 Å². The predicted molar refractivity (Wildman–Crippen MR) is 42.6 cm³/mol. The van der Waals surface area contributed by atoms with E-state index >= 15 is 0 Å². The van der Waals surface area contributed by atoms with Gasteiger partial charge in [0, 0.05) is 6.54 Å². The minimum Gasteiger partial charge on any atom is -0.307 e. The SMILES string of the molecule is CC(C)(C)CN(C#N)CCF. The summed E-state index contributed by atoms with van der Waals surface area (Å²) in [6.07, 6.45) is 1.95. The molecule has 0 aliphatic rings. The van der Waals surface area contributed by atoms with E-state index in [2.05, 4.69) is 0 Å². The molecule has 0 fully saturated rings. The van der Waals surface area contributed by atoms with Gasteiger partial charge in [-0.1, -0.05) is 20.8 Å². The third-order valence-electron chi connectivity index (χ3n) is 1.16. The van der Waals surface area contributed by atoms with Gasteiger partial charge in [0.1, 0.15) is 6.67 Å². The maximum Gasteiger partial charge on any atom is 0.179 e. The van der Waals surface area contributed by atoms with Gasteiger partial charge in [-0.25, -0.2) is 4.39 Å². The maximum absolute atomic E-state index is 11.8. The first-order valence-corrected chi connectivity index (χ1v) is 3.70. The molecule has 0 aromatic rings. The van der Waals surface area contributed by atoms with E-state index in [9.17, 15) is 4.39 Å². The van der Waals surface area contributed by atoms with Gasteiger partial charge in [0.15, 0.2) is 6.19 Å². The number of alkyl halides is 1. The van der Waals surface area contributed by atoms with Crippen LogP contribution < -0.4 is 0 Å². The third kappa shape index (κ3) is 5.65. The van der Waals surface area contributed by atoms with Crippen LogP contribution in [-0.4, -0.2) is 24.7 Å². The van der Waals surface area contributed by atoms with Crippen molar-refractivity contribution in [2.45, 2.75) is 20.8 Å². The summed E-state index contributed by atoms with van der Waals surface area (Å²) in [6.45, 7) is 6.45. The van der Waals surface area contributed by atoms with Gasteiger partial charge in [0.25, 0.3) is 0 Å². The molecule has 0 aliphatic carbocycles. The molecule has 0 unspecified atom stereocenters. The Balaban J connectivity index is 3.81. The molecule has 0 saturated heterocycles. The molecule has 2 nitrogen and oxygen atoms in total. The highest BCUT2D eigenvalue weighted by molar-refractivity contribution is 4.78. The molecule has 0 N–H and O–H groups in total. The summed E-state index contributed by atoms with van der Waals surface area (Å²) < 4.78 is 11.8. The van der Waals surface area contributed by atoms with Crippen molar-refractivity contribution in [3.05, 3.63) is 0 Å². The summed E-state index contributed by atoms with van der Waals surface area (Å²) in [7, 11) is 0. The van der Waals surface area contributed by atoms with Gasteiger partial charge in [-0.3, -0.25) is 0 Å². The zero-order chi connectivity index (χ0) is 8.91. The molecule has 64 valence electrons. The molecule has 0 aliphatic heterocycles. The lowest BCUT2D eigenvalue weighted by molar-refractivity contribution is 0.244. The normalized spacial score (nSPS) is 10.8. The molecule has 0 bridgehead atoms.